The molecular formula is C7H14NO+. The van der Waals surface area contributed by atoms with Crippen LogP contribution in [0.5, 0.6) is 0 Å². The lowest BCUT2D eigenvalue weighted by Gasteiger charge is -2.11. The third kappa shape index (κ3) is 1.79. The number of rotatable bonds is 1. The van der Waals surface area contributed by atoms with Crippen molar-refractivity contribution in [2.75, 3.05) is 19.8 Å². The highest BCUT2D eigenvalue weighted by atomic mass is 16.5. The highest BCUT2D eigenvalue weighted by Crippen LogP contribution is 1.91. The first kappa shape index (κ1) is 6.75. The van der Waals surface area contributed by atoms with Crippen LogP contribution in [0.15, 0.2) is 0 Å². The molecule has 1 heterocycles. The molecule has 0 bridgehead atoms. The Labute approximate surface area is 56.1 Å². The summed E-state index contributed by atoms with van der Waals surface area (Å²) in [5.41, 5.74) is 0. The third-order valence-corrected chi connectivity index (χ3v) is 1.58. The van der Waals surface area contributed by atoms with Crippen LogP contribution in [0.2, 0.25) is 0 Å². The standard InChI is InChI=1S/C7H14NO/c1-7(2)8-3-5-9-6-4-8/h3,7H,4-6H2,1-2H3/q+1. The molecule has 9 heavy (non-hydrogen) atoms. The molecule has 2 heteroatoms. The smallest absolute Gasteiger partial charge is 0.166 e. The molecule has 0 N–H and O–H groups in total. The van der Waals surface area contributed by atoms with E-state index < -0.39 is 0 Å². The molecule has 0 unspecified atom stereocenters. The van der Waals surface area contributed by atoms with E-state index in [0.29, 0.717) is 6.04 Å². The lowest BCUT2D eigenvalue weighted by atomic mass is 10.3. The molecule has 0 aliphatic carbocycles. The van der Waals surface area contributed by atoms with Crippen molar-refractivity contribution in [2.24, 2.45) is 0 Å². The van der Waals surface area contributed by atoms with Gasteiger partial charge in [-0.1, -0.05) is 0 Å². The van der Waals surface area contributed by atoms with E-state index in [0.717, 1.165) is 19.8 Å². The van der Waals surface area contributed by atoms with Crippen molar-refractivity contribution < 1.29 is 9.31 Å². The van der Waals surface area contributed by atoms with Gasteiger partial charge in [0.1, 0.15) is 19.3 Å². The maximum atomic E-state index is 5.15. The Bertz CT molecular complexity index is 118. The summed E-state index contributed by atoms with van der Waals surface area (Å²) >= 11 is 0. The predicted octanol–water partition coefficient (Wildman–Crippen LogP) is 0.508. The van der Waals surface area contributed by atoms with Gasteiger partial charge in [0, 0.05) is 0 Å². The molecular weight excluding hydrogens is 114 g/mol. The van der Waals surface area contributed by atoms with Crippen LogP contribution in [0.4, 0.5) is 0 Å². The fraction of sp³-hybridized carbons (Fsp3) is 0.857. The molecule has 0 atom stereocenters. The quantitative estimate of drug-likeness (QED) is 0.469. The van der Waals surface area contributed by atoms with Gasteiger partial charge in [-0.15, -0.1) is 0 Å². The maximum absolute atomic E-state index is 5.15. The van der Waals surface area contributed by atoms with Gasteiger partial charge in [-0.2, -0.15) is 0 Å². The molecule has 0 aromatic carbocycles. The summed E-state index contributed by atoms with van der Waals surface area (Å²) in [6, 6.07) is 0.633. The second-order valence-electron chi connectivity index (χ2n) is 2.59. The Morgan fingerprint density at radius 3 is 2.67 bits per heavy atom. The maximum Gasteiger partial charge on any atom is 0.166 e. The van der Waals surface area contributed by atoms with Gasteiger partial charge in [-0.25, -0.2) is 4.58 Å². The SMILES string of the molecule is CC(C)[N+]1=CCOCC1. The fourth-order valence-electron chi connectivity index (χ4n) is 0.962. The average molecular weight is 128 g/mol. The van der Waals surface area contributed by atoms with E-state index in [9.17, 15) is 0 Å². The number of hydrogen-bond donors (Lipinski definition) is 0. The van der Waals surface area contributed by atoms with Gasteiger partial charge >= 0.3 is 0 Å². The number of hydrogen-bond acceptors (Lipinski definition) is 1. The topological polar surface area (TPSA) is 12.2 Å². The summed E-state index contributed by atoms with van der Waals surface area (Å²) in [7, 11) is 0. The Morgan fingerprint density at radius 2 is 2.33 bits per heavy atom. The van der Waals surface area contributed by atoms with Crippen molar-refractivity contribution in [1.29, 1.82) is 0 Å². The number of nitrogens with zero attached hydrogens (tertiary/aromatic N) is 1. The van der Waals surface area contributed by atoms with Gasteiger partial charge < -0.3 is 4.74 Å². The molecule has 52 valence electrons. The monoisotopic (exact) mass is 128 g/mol. The van der Waals surface area contributed by atoms with Crippen molar-refractivity contribution >= 4 is 6.21 Å². The van der Waals surface area contributed by atoms with Gasteiger partial charge in [-0.3, -0.25) is 0 Å². The summed E-state index contributed by atoms with van der Waals surface area (Å²) in [4.78, 5) is 0. The van der Waals surface area contributed by atoms with Gasteiger partial charge in [0.2, 0.25) is 0 Å². The first-order valence-electron chi connectivity index (χ1n) is 3.47. The van der Waals surface area contributed by atoms with E-state index in [1.165, 1.54) is 0 Å². The van der Waals surface area contributed by atoms with Crippen LogP contribution in [-0.2, 0) is 4.74 Å². The van der Waals surface area contributed by atoms with Crippen molar-refractivity contribution in [3.63, 3.8) is 0 Å². The van der Waals surface area contributed by atoms with E-state index in [1.54, 1.807) is 0 Å². The molecule has 0 spiro atoms. The second-order valence-corrected chi connectivity index (χ2v) is 2.59. The van der Waals surface area contributed by atoms with Crippen molar-refractivity contribution in [3.8, 4) is 0 Å². The summed E-state index contributed by atoms with van der Waals surface area (Å²) in [5.74, 6) is 0. The van der Waals surface area contributed by atoms with Crippen LogP contribution in [-0.4, -0.2) is 36.6 Å². The van der Waals surface area contributed by atoms with E-state index in [2.05, 4.69) is 24.6 Å². The third-order valence-electron chi connectivity index (χ3n) is 1.58. The molecule has 0 aromatic rings. The minimum absolute atomic E-state index is 0.633. The van der Waals surface area contributed by atoms with Gasteiger partial charge in [0.25, 0.3) is 0 Å². The Balaban J connectivity index is 2.46. The van der Waals surface area contributed by atoms with Crippen LogP contribution in [0.1, 0.15) is 13.8 Å². The predicted molar refractivity (Wildman–Crippen MR) is 37.1 cm³/mol. The molecule has 1 rings (SSSR count). The van der Waals surface area contributed by atoms with Crippen molar-refractivity contribution in [2.45, 2.75) is 19.9 Å². The van der Waals surface area contributed by atoms with Gasteiger partial charge in [-0.05, 0) is 13.8 Å². The summed E-state index contributed by atoms with van der Waals surface area (Å²) in [6.45, 7) is 7.12. The second kappa shape index (κ2) is 2.97. The molecule has 0 aromatic heterocycles. The molecule has 0 amide bonds. The zero-order valence-corrected chi connectivity index (χ0v) is 6.13. The normalized spacial score (nSPS) is 20.1. The first-order chi connectivity index (χ1) is 4.30. The first-order valence-corrected chi connectivity index (χ1v) is 3.47. The lowest BCUT2D eigenvalue weighted by molar-refractivity contribution is -0.563. The fourth-order valence-corrected chi connectivity index (χ4v) is 0.962. The Hall–Kier alpha value is -0.370. The van der Waals surface area contributed by atoms with Crippen molar-refractivity contribution in [3.05, 3.63) is 0 Å². The molecule has 1 aliphatic heterocycles. The summed E-state index contributed by atoms with van der Waals surface area (Å²) in [6.07, 6.45) is 2.12. The zero-order chi connectivity index (χ0) is 6.69. The van der Waals surface area contributed by atoms with Crippen LogP contribution < -0.4 is 0 Å². The van der Waals surface area contributed by atoms with E-state index in [-0.39, 0.29) is 0 Å². The van der Waals surface area contributed by atoms with E-state index >= 15 is 0 Å². The molecule has 0 fully saturated rings. The molecule has 0 saturated carbocycles. The summed E-state index contributed by atoms with van der Waals surface area (Å²) in [5, 5.41) is 0. The van der Waals surface area contributed by atoms with E-state index in [1.807, 2.05) is 0 Å². The highest BCUT2D eigenvalue weighted by Gasteiger charge is 2.11. The minimum Gasteiger partial charge on any atom is -0.365 e. The van der Waals surface area contributed by atoms with Gasteiger partial charge in [0.15, 0.2) is 12.8 Å². The Kier molecular flexibility index (Phi) is 2.22. The van der Waals surface area contributed by atoms with Gasteiger partial charge in [0.05, 0.1) is 0 Å². The van der Waals surface area contributed by atoms with Crippen LogP contribution in [0.25, 0.3) is 0 Å². The molecule has 1 aliphatic rings. The molecule has 0 radical (unpaired) electrons. The van der Waals surface area contributed by atoms with Crippen LogP contribution in [0, 0.1) is 0 Å². The number of ether oxygens (including phenoxy) is 1. The molecule has 0 saturated heterocycles. The Morgan fingerprint density at radius 1 is 1.56 bits per heavy atom. The lowest BCUT2D eigenvalue weighted by Crippen LogP contribution is -2.31. The van der Waals surface area contributed by atoms with Crippen LogP contribution >= 0.6 is 0 Å². The summed E-state index contributed by atoms with van der Waals surface area (Å²) < 4.78 is 7.46. The zero-order valence-electron chi connectivity index (χ0n) is 6.13. The average Bonchev–Trinajstić information content (AvgIpc) is 1.90. The van der Waals surface area contributed by atoms with Crippen molar-refractivity contribution in [1.82, 2.24) is 0 Å². The van der Waals surface area contributed by atoms with Crippen LogP contribution in [0.3, 0.4) is 0 Å². The minimum atomic E-state index is 0.633. The van der Waals surface area contributed by atoms with E-state index in [4.69, 9.17) is 4.74 Å². The molecule has 2 nitrogen and oxygen atoms in total. The largest absolute Gasteiger partial charge is 0.365 e. The highest BCUT2D eigenvalue weighted by molar-refractivity contribution is 5.52.